The van der Waals surface area contributed by atoms with Gasteiger partial charge in [0.2, 0.25) is 5.91 Å². The van der Waals surface area contributed by atoms with Gasteiger partial charge in [0.05, 0.1) is 23.1 Å². The highest BCUT2D eigenvalue weighted by Crippen LogP contribution is 2.58. The molecule has 1 aromatic carbocycles. The number of benzene rings is 1. The molecule has 0 aliphatic heterocycles. The van der Waals surface area contributed by atoms with Gasteiger partial charge in [0, 0.05) is 30.8 Å². The van der Waals surface area contributed by atoms with E-state index in [1.807, 2.05) is 17.3 Å². The van der Waals surface area contributed by atoms with Crippen molar-refractivity contribution in [2.24, 2.45) is 11.3 Å². The lowest BCUT2D eigenvalue weighted by atomic mass is 9.51. The van der Waals surface area contributed by atoms with Crippen molar-refractivity contribution in [3.05, 3.63) is 58.9 Å². The smallest absolute Gasteiger partial charge is 0.231 e. The van der Waals surface area contributed by atoms with Gasteiger partial charge in [0.25, 0.3) is 0 Å². The molecule has 7 heteroatoms. The lowest BCUT2D eigenvalue weighted by molar-refractivity contribution is -0.124. The van der Waals surface area contributed by atoms with Gasteiger partial charge in [-0.3, -0.25) is 9.69 Å². The quantitative estimate of drug-likeness (QED) is 0.295. The summed E-state index contributed by atoms with van der Waals surface area (Å²) in [7, 11) is 1.74. The van der Waals surface area contributed by atoms with Crippen molar-refractivity contribution < 1.29 is 14.6 Å². The fourth-order valence-electron chi connectivity index (χ4n) is 7.95. The zero-order valence-corrected chi connectivity index (χ0v) is 25.8. The number of thiazole rings is 1. The number of hydrogen-bond acceptors (Lipinski definition) is 6. The highest BCUT2D eigenvalue weighted by atomic mass is 32.1. The number of aliphatic hydroxyl groups excluding tert-OH is 1. The van der Waals surface area contributed by atoms with Crippen LogP contribution < -0.4 is 9.64 Å². The van der Waals surface area contributed by atoms with Crippen LogP contribution in [0.4, 0.5) is 5.82 Å². The standard InChI is InChI=1S/C35H43N3O3S/c1-23-19-27(7-10-29(23)41-2)35-15-12-34(13-16-35,14-17-35)22-38(33(40)25-5-8-28(39)9-6-25)31-20-26(11-18-36-31)30-21-37-32(42-30)24-3-4-24/h7,10-11,18-21,24-25,28,39H,3-6,8-9,12-17,22H2,1-2H3/t25-,28-,34?,35?. The molecule has 5 saturated carbocycles. The van der Waals surface area contributed by atoms with Crippen molar-refractivity contribution in [2.45, 2.75) is 101 Å². The molecule has 6 nitrogen and oxygen atoms in total. The molecule has 1 N–H and O–H groups in total. The summed E-state index contributed by atoms with van der Waals surface area (Å²) in [6.45, 7) is 2.87. The second kappa shape index (κ2) is 11.1. The van der Waals surface area contributed by atoms with Crippen LogP contribution in [-0.2, 0) is 10.2 Å². The zero-order chi connectivity index (χ0) is 28.9. The van der Waals surface area contributed by atoms with Crippen molar-refractivity contribution in [1.29, 1.82) is 0 Å². The third-order valence-electron chi connectivity index (χ3n) is 11.0. The minimum absolute atomic E-state index is 0.0475. The zero-order valence-electron chi connectivity index (χ0n) is 25.0. The van der Waals surface area contributed by atoms with Crippen molar-refractivity contribution in [3.8, 4) is 16.2 Å². The van der Waals surface area contributed by atoms with Crippen LogP contribution in [0, 0.1) is 18.3 Å². The van der Waals surface area contributed by atoms with E-state index in [2.05, 4.69) is 37.3 Å². The molecule has 0 saturated heterocycles. The Labute approximate surface area is 253 Å². The average Bonchev–Trinajstić information content (AvgIpc) is 3.76. The van der Waals surface area contributed by atoms with Crippen LogP contribution in [0.15, 0.2) is 42.7 Å². The van der Waals surface area contributed by atoms with E-state index in [0.29, 0.717) is 18.8 Å². The van der Waals surface area contributed by atoms with Gasteiger partial charge in [-0.1, -0.05) is 12.1 Å². The molecule has 0 spiro atoms. The first-order chi connectivity index (χ1) is 20.4. The summed E-state index contributed by atoms with van der Waals surface area (Å²) in [5.74, 6) is 2.51. The Kier molecular flexibility index (Phi) is 7.38. The van der Waals surface area contributed by atoms with Gasteiger partial charge in [-0.05, 0) is 130 Å². The topological polar surface area (TPSA) is 75.5 Å². The van der Waals surface area contributed by atoms with Gasteiger partial charge in [0.1, 0.15) is 11.6 Å². The second-order valence-corrected chi connectivity index (χ2v) is 14.7. The molecule has 0 unspecified atom stereocenters. The normalized spacial score (nSPS) is 28.9. The molecule has 222 valence electrons. The number of amides is 1. The van der Waals surface area contributed by atoms with E-state index in [1.165, 1.54) is 29.0 Å². The number of aromatic nitrogens is 2. The number of carbonyl (C=O) groups excluding carboxylic acids is 1. The fourth-order valence-corrected chi connectivity index (χ4v) is 9.03. The minimum atomic E-state index is -0.277. The first-order valence-corrected chi connectivity index (χ1v) is 16.8. The SMILES string of the molecule is COc1ccc(C23CCC(CN(c4cc(-c5cnc(C6CC6)s5)ccn4)C(=O)[C@H]4CC[C@H](O)CC4)(CC2)CC3)cc1C. The van der Waals surface area contributed by atoms with Crippen molar-refractivity contribution in [1.82, 2.24) is 9.97 Å². The molecule has 1 amide bonds. The Balaban J connectivity index is 1.15. The predicted molar refractivity (Wildman–Crippen MR) is 167 cm³/mol. The Bertz CT molecular complexity index is 1430. The van der Waals surface area contributed by atoms with Crippen molar-refractivity contribution in [2.75, 3.05) is 18.6 Å². The van der Waals surface area contributed by atoms with Crippen LogP contribution in [0.3, 0.4) is 0 Å². The summed E-state index contributed by atoms with van der Waals surface area (Å²) in [5.41, 5.74) is 4.11. The molecule has 3 aromatic rings. The van der Waals surface area contributed by atoms with Crippen LogP contribution in [-0.4, -0.2) is 40.7 Å². The number of anilines is 1. The molecule has 5 fully saturated rings. The number of aryl methyl sites for hydroxylation is 1. The molecule has 8 rings (SSSR count). The van der Waals surface area contributed by atoms with Gasteiger partial charge in [-0.2, -0.15) is 0 Å². The highest BCUT2D eigenvalue weighted by Gasteiger charge is 2.50. The predicted octanol–water partition coefficient (Wildman–Crippen LogP) is 7.58. The van der Waals surface area contributed by atoms with E-state index in [1.54, 1.807) is 18.4 Å². The van der Waals surface area contributed by atoms with Gasteiger partial charge < -0.3 is 9.84 Å². The third-order valence-corrected chi connectivity index (χ3v) is 12.2. The number of nitrogens with zero attached hydrogens (tertiary/aromatic N) is 3. The van der Waals surface area contributed by atoms with E-state index in [-0.39, 0.29) is 28.8 Å². The van der Waals surface area contributed by atoms with Crippen LogP contribution in [0.25, 0.3) is 10.4 Å². The lowest BCUT2D eigenvalue weighted by Crippen LogP contribution is -2.52. The number of carbonyl (C=O) groups is 1. The monoisotopic (exact) mass is 585 g/mol. The van der Waals surface area contributed by atoms with E-state index >= 15 is 0 Å². The summed E-state index contributed by atoms with van der Waals surface area (Å²) in [6.07, 6.45) is 15.9. The molecule has 2 aromatic heterocycles. The number of pyridine rings is 1. The molecular formula is C35H43N3O3S. The number of aliphatic hydroxyl groups is 1. The van der Waals surface area contributed by atoms with Crippen molar-refractivity contribution in [3.63, 3.8) is 0 Å². The van der Waals surface area contributed by atoms with Crippen molar-refractivity contribution >= 4 is 23.1 Å². The summed E-state index contributed by atoms with van der Waals surface area (Å²) >= 11 is 1.78. The third kappa shape index (κ3) is 5.28. The number of rotatable bonds is 8. The molecule has 5 aliphatic carbocycles. The van der Waals surface area contributed by atoms with E-state index in [9.17, 15) is 9.90 Å². The van der Waals surface area contributed by atoms with Gasteiger partial charge in [-0.25, -0.2) is 9.97 Å². The van der Waals surface area contributed by atoms with Crippen LogP contribution >= 0.6 is 11.3 Å². The summed E-state index contributed by atoms with van der Waals surface area (Å²) < 4.78 is 5.53. The van der Waals surface area contributed by atoms with Crippen LogP contribution in [0.5, 0.6) is 5.75 Å². The van der Waals surface area contributed by atoms with E-state index in [4.69, 9.17) is 14.7 Å². The molecule has 5 aliphatic rings. The average molecular weight is 586 g/mol. The Morgan fingerprint density at radius 2 is 1.74 bits per heavy atom. The fraction of sp³-hybridized carbons (Fsp3) is 0.571. The Morgan fingerprint density at radius 1 is 1.00 bits per heavy atom. The second-order valence-electron chi connectivity index (χ2n) is 13.6. The summed E-state index contributed by atoms with van der Waals surface area (Å²) in [4.78, 5) is 27.0. The van der Waals surface area contributed by atoms with Crippen LogP contribution in [0.1, 0.15) is 99.1 Å². The maximum Gasteiger partial charge on any atom is 0.231 e. The maximum absolute atomic E-state index is 14.3. The van der Waals surface area contributed by atoms with Crippen LogP contribution in [0.2, 0.25) is 0 Å². The Hall–Kier alpha value is -2.77. The minimum Gasteiger partial charge on any atom is -0.496 e. The molecule has 0 radical (unpaired) electrons. The lowest BCUT2D eigenvalue weighted by Gasteiger charge is -2.55. The number of methoxy groups -OCH3 is 1. The number of fused-ring (bicyclic) bond motifs is 3. The molecule has 42 heavy (non-hydrogen) atoms. The van der Waals surface area contributed by atoms with Gasteiger partial charge in [0.15, 0.2) is 0 Å². The first kappa shape index (κ1) is 28.0. The first-order valence-electron chi connectivity index (χ1n) is 15.9. The van der Waals surface area contributed by atoms with E-state index in [0.717, 1.165) is 79.9 Å². The maximum atomic E-state index is 14.3. The summed E-state index contributed by atoms with van der Waals surface area (Å²) in [6, 6.07) is 10.9. The van der Waals surface area contributed by atoms with Gasteiger partial charge in [-0.15, -0.1) is 11.3 Å². The highest BCUT2D eigenvalue weighted by molar-refractivity contribution is 7.15. The Morgan fingerprint density at radius 3 is 2.40 bits per heavy atom. The number of ether oxygens (including phenoxy) is 1. The van der Waals surface area contributed by atoms with Gasteiger partial charge >= 0.3 is 0 Å². The molecular weight excluding hydrogens is 542 g/mol. The summed E-state index contributed by atoms with van der Waals surface area (Å²) in [5, 5.41) is 11.4. The largest absolute Gasteiger partial charge is 0.496 e. The molecule has 0 atom stereocenters. The number of hydrogen-bond donors (Lipinski definition) is 1. The molecule has 2 heterocycles. The van der Waals surface area contributed by atoms with E-state index < -0.39 is 0 Å². The molecule has 2 bridgehead atoms.